The lowest BCUT2D eigenvalue weighted by Gasteiger charge is -2.29. The summed E-state index contributed by atoms with van der Waals surface area (Å²) in [6.45, 7) is 2.05. The molecule has 2 aromatic rings. The molecule has 1 aromatic heterocycles. The van der Waals surface area contributed by atoms with Crippen LogP contribution in [0.2, 0.25) is 0 Å². The van der Waals surface area contributed by atoms with Gasteiger partial charge in [0.15, 0.2) is 0 Å². The summed E-state index contributed by atoms with van der Waals surface area (Å²) < 4.78 is 14.4. The molecule has 1 aliphatic carbocycles. The van der Waals surface area contributed by atoms with Crippen molar-refractivity contribution in [1.82, 2.24) is 10.3 Å². The van der Waals surface area contributed by atoms with E-state index in [4.69, 9.17) is 4.99 Å². The van der Waals surface area contributed by atoms with E-state index >= 15 is 0 Å². The number of hydrogen-bond acceptors (Lipinski definition) is 4. The maximum Gasteiger partial charge on any atom is 0.136 e. The van der Waals surface area contributed by atoms with Crippen LogP contribution in [0.4, 0.5) is 10.1 Å². The second-order valence-corrected chi connectivity index (χ2v) is 6.54. The molecule has 4 nitrogen and oxygen atoms in total. The van der Waals surface area contributed by atoms with Crippen molar-refractivity contribution < 1.29 is 4.39 Å². The minimum atomic E-state index is -0.216. The van der Waals surface area contributed by atoms with E-state index in [0.29, 0.717) is 6.42 Å². The number of aliphatic imine (C=N–C) groups is 1. The third-order valence-electron chi connectivity index (χ3n) is 5.02. The lowest BCUT2D eigenvalue weighted by atomic mass is 9.85. The third-order valence-corrected chi connectivity index (χ3v) is 5.02. The molecule has 0 bridgehead atoms. The van der Waals surface area contributed by atoms with Crippen molar-refractivity contribution in [2.24, 2.45) is 4.99 Å². The molecule has 5 heteroatoms. The summed E-state index contributed by atoms with van der Waals surface area (Å²) in [5.41, 5.74) is 5.10. The molecule has 1 aliphatic heterocycles. The molecule has 2 unspecified atom stereocenters. The van der Waals surface area contributed by atoms with Gasteiger partial charge in [-0.3, -0.25) is 10.3 Å². The van der Waals surface area contributed by atoms with E-state index in [1.54, 1.807) is 24.5 Å². The van der Waals surface area contributed by atoms with E-state index in [9.17, 15) is 4.39 Å². The number of hydrogen-bond donors (Lipinski definition) is 2. The molecule has 132 valence electrons. The Kier molecular flexibility index (Phi) is 4.39. The minimum absolute atomic E-state index is 0.0834. The summed E-state index contributed by atoms with van der Waals surface area (Å²) in [6, 6.07) is 7.92. The maximum atomic E-state index is 14.4. The molecule has 0 amide bonds. The zero-order valence-electron chi connectivity index (χ0n) is 14.8. The van der Waals surface area contributed by atoms with Crippen LogP contribution in [-0.2, 0) is 0 Å². The van der Waals surface area contributed by atoms with Gasteiger partial charge in [0.2, 0.25) is 0 Å². The van der Waals surface area contributed by atoms with Crippen LogP contribution in [0.25, 0.3) is 0 Å². The van der Waals surface area contributed by atoms with Gasteiger partial charge in [0.25, 0.3) is 0 Å². The van der Waals surface area contributed by atoms with Gasteiger partial charge in [-0.15, -0.1) is 0 Å². The molecule has 2 aliphatic rings. The van der Waals surface area contributed by atoms with Crippen LogP contribution < -0.4 is 10.6 Å². The number of pyridine rings is 1. The zero-order valence-corrected chi connectivity index (χ0v) is 14.8. The summed E-state index contributed by atoms with van der Waals surface area (Å²) >= 11 is 0. The molecule has 0 spiro atoms. The minimum Gasteiger partial charge on any atom is -0.340 e. The predicted molar refractivity (Wildman–Crippen MR) is 103 cm³/mol. The number of rotatable bonds is 3. The van der Waals surface area contributed by atoms with Gasteiger partial charge in [0.1, 0.15) is 17.8 Å². The van der Waals surface area contributed by atoms with Crippen molar-refractivity contribution in [3.05, 3.63) is 83.0 Å². The molecule has 0 radical (unpaired) electrons. The highest BCUT2D eigenvalue weighted by atomic mass is 19.1. The average Bonchev–Trinajstić information content (AvgIpc) is 2.69. The van der Waals surface area contributed by atoms with Gasteiger partial charge >= 0.3 is 0 Å². The summed E-state index contributed by atoms with van der Waals surface area (Å²) in [5, 5.41) is 6.68. The zero-order chi connectivity index (χ0) is 18.1. The Morgan fingerprint density at radius 3 is 2.88 bits per heavy atom. The van der Waals surface area contributed by atoms with Crippen molar-refractivity contribution in [2.45, 2.75) is 25.4 Å². The first kappa shape index (κ1) is 16.7. The molecule has 0 saturated heterocycles. The van der Waals surface area contributed by atoms with Crippen molar-refractivity contribution in [3.63, 3.8) is 0 Å². The smallest absolute Gasteiger partial charge is 0.136 e. The number of aromatic nitrogens is 1. The van der Waals surface area contributed by atoms with Crippen LogP contribution in [0.15, 0.2) is 65.7 Å². The van der Waals surface area contributed by atoms with E-state index < -0.39 is 0 Å². The summed E-state index contributed by atoms with van der Waals surface area (Å²) in [4.78, 5) is 8.98. The standard InChI is InChI=1S/C21H21FN4/c1-13-15(16-7-3-4-8-17(16)22)9-10-18-19(13)21(23-2)26-20(25-18)14-6-5-11-24-12-14/h3-6,8-12,16,21,23H,7H2,1-2H3,(H,25,26). The number of nitrogens with zero attached hydrogens (tertiary/aromatic N) is 2. The first-order valence-corrected chi connectivity index (χ1v) is 8.77. The number of allylic oxidation sites excluding steroid dienone is 4. The molecular weight excluding hydrogens is 327 g/mol. The van der Waals surface area contributed by atoms with Gasteiger partial charge in [0, 0.05) is 35.1 Å². The number of benzene rings is 1. The molecule has 0 fully saturated rings. The fraction of sp³-hybridized carbons (Fsp3) is 0.238. The Labute approximate surface area is 152 Å². The lowest BCUT2D eigenvalue weighted by molar-refractivity contribution is 0.538. The predicted octanol–water partition coefficient (Wildman–Crippen LogP) is 4.38. The molecule has 2 atom stereocenters. The van der Waals surface area contributed by atoms with Gasteiger partial charge < -0.3 is 5.32 Å². The first-order chi connectivity index (χ1) is 12.7. The Bertz CT molecular complexity index is 915. The van der Waals surface area contributed by atoms with Crippen molar-refractivity contribution in [1.29, 1.82) is 0 Å². The number of nitrogens with one attached hydrogen (secondary N) is 2. The molecule has 26 heavy (non-hydrogen) atoms. The van der Waals surface area contributed by atoms with E-state index in [2.05, 4.69) is 22.5 Å². The van der Waals surface area contributed by atoms with E-state index in [1.165, 1.54) is 0 Å². The summed E-state index contributed by atoms with van der Waals surface area (Å²) in [6.07, 6.45) is 9.38. The Hall–Kier alpha value is -2.79. The van der Waals surface area contributed by atoms with E-state index in [1.807, 2.05) is 37.4 Å². The number of amidine groups is 1. The van der Waals surface area contributed by atoms with Crippen LogP contribution >= 0.6 is 0 Å². The molecule has 4 rings (SSSR count). The van der Waals surface area contributed by atoms with E-state index in [0.717, 1.165) is 33.8 Å². The topological polar surface area (TPSA) is 49.3 Å². The van der Waals surface area contributed by atoms with Gasteiger partial charge in [-0.1, -0.05) is 18.2 Å². The van der Waals surface area contributed by atoms with Crippen LogP contribution in [0.1, 0.15) is 40.8 Å². The van der Waals surface area contributed by atoms with Crippen molar-refractivity contribution in [3.8, 4) is 0 Å². The van der Waals surface area contributed by atoms with Crippen LogP contribution in [0, 0.1) is 6.92 Å². The maximum absolute atomic E-state index is 14.4. The average molecular weight is 348 g/mol. The van der Waals surface area contributed by atoms with Crippen LogP contribution in [0.3, 0.4) is 0 Å². The Balaban J connectivity index is 1.76. The Morgan fingerprint density at radius 1 is 1.27 bits per heavy atom. The second-order valence-electron chi connectivity index (χ2n) is 6.54. The molecular formula is C21H21FN4. The molecule has 2 heterocycles. The van der Waals surface area contributed by atoms with E-state index in [-0.39, 0.29) is 17.9 Å². The third kappa shape index (κ3) is 2.84. The highest BCUT2D eigenvalue weighted by molar-refractivity contribution is 6.09. The highest BCUT2D eigenvalue weighted by Crippen LogP contribution is 2.40. The van der Waals surface area contributed by atoms with Crippen molar-refractivity contribution >= 4 is 11.5 Å². The number of halogens is 1. The second kappa shape index (κ2) is 6.84. The molecule has 1 aromatic carbocycles. The Morgan fingerprint density at radius 2 is 2.15 bits per heavy atom. The first-order valence-electron chi connectivity index (χ1n) is 8.77. The quantitative estimate of drug-likeness (QED) is 0.865. The SMILES string of the molecule is CNC1N=C(c2cccnc2)Nc2ccc(C3CC=CC=C3F)c(C)c21. The normalized spacial score (nSPS) is 21.5. The fourth-order valence-electron chi connectivity index (χ4n) is 3.68. The largest absolute Gasteiger partial charge is 0.340 e. The van der Waals surface area contributed by atoms with Crippen LogP contribution in [0.5, 0.6) is 0 Å². The van der Waals surface area contributed by atoms with Crippen LogP contribution in [-0.4, -0.2) is 17.9 Å². The number of anilines is 1. The summed E-state index contributed by atoms with van der Waals surface area (Å²) in [5.74, 6) is 0.482. The highest BCUT2D eigenvalue weighted by Gasteiger charge is 2.27. The monoisotopic (exact) mass is 348 g/mol. The molecule has 2 N–H and O–H groups in total. The lowest BCUT2D eigenvalue weighted by Crippen LogP contribution is -2.28. The summed E-state index contributed by atoms with van der Waals surface area (Å²) in [7, 11) is 1.89. The fourth-order valence-corrected chi connectivity index (χ4v) is 3.68. The molecule has 0 saturated carbocycles. The van der Waals surface area contributed by atoms with Gasteiger partial charge in [-0.25, -0.2) is 9.38 Å². The van der Waals surface area contributed by atoms with Gasteiger partial charge in [0.05, 0.1) is 0 Å². The van der Waals surface area contributed by atoms with Crippen molar-refractivity contribution in [2.75, 3.05) is 12.4 Å². The van der Waals surface area contributed by atoms with Gasteiger partial charge in [-0.2, -0.15) is 0 Å². The number of fused-ring (bicyclic) bond motifs is 1. The van der Waals surface area contributed by atoms with Gasteiger partial charge in [-0.05, 0) is 55.8 Å².